The fourth-order valence-corrected chi connectivity index (χ4v) is 2.92. The van der Waals surface area contributed by atoms with Crippen molar-refractivity contribution in [2.75, 3.05) is 33.4 Å². The topological polar surface area (TPSA) is 41.6 Å². The standard InChI is InChI=1S/C13H24N2O2.ClH/c1-17-10-11-5-4-8-15(9-11)13(16)12-6-2-3-7-14-12;/h11-12,14H,2-10H2,1H3;1H/t11?,12-;/m0./s1. The van der Waals surface area contributed by atoms with Gasteiger partial charge in [0.25, 0.3) is 0 Å². The molecule has 0 aromatic carbocycles. The van der Waals surface area contributed by atoms with Gasteiger partial charge in [-0.1, -0.05) is 6.42 Å². The van der Waals surface area contributed by atoms with E-state index in [0.717, 1.165) is 39.1 Å². The van der Waals surface area contributed by atoms with Crippen LogP contribution in [0.1, 0.15) is 32.1 Å². The number of likely N-dealkylation sites (tertiary alicyclic amines) is 1. The van der Waals surface area contributed by atoms with Gasteiger partial charge in [-0.2, -0.15) is 0 Å². The summed E-state index contributed by atoms with van der Waals surface area (Å²) in [5.41, 5.74) is 0. The van der Waals surface area contributed by atoms with Crippen LogP contribution in [0.5, 0.6) is 0 Å². The Kier molecular flexibility index (Phi) is 6.97. The van der Waals surface area contributed by atoms with E-state index < -0.39 is 0 Å². The number of hydrogen-bond acceptors (Lipinski definition) is 3. The lowest BCUT2D eigenvalue weighted by atomic mass is 9.97. The fraction of sp³-hybridized carbons (Fsp3) is 0.923. The molecule has 18 heavy (non-hydrogen) atoms. The highest BCUT2D eigenvalue weighted by atomic mass is 35.5. The molecule has 5 heteroatoms. The monoisotopic (exact) mass is 276 g/mol. The number of carbonyl (C=O) groups is 1. The normalized spacial score (nSPS) is 28.6. The first-order valence-corrected chi connectivity index (χ1v) is 6.82. The minimum Gasteiger partial charge on any atom is -0.384 e. The van der Waals surface area contributed by atoms with Crippen molar-refractivity contribution >= 4 is 18.3 Å². The first kappa shape index (κ1) is 15.7. The summed E-state index contributed by atoms with van der Waals surface area (Å²) < 4.78 is 5.20. The number of ether oxygens (including phenoxy) is 1. The molecule has 0 aromatic rings. The quantitative estimate of drug-likeness (QED) is 0.848. The Hall–Kier alpha value is -0.320. The molecule has 2 rings (SSSR count). The van der Waals surface area contributed by atoms with Crippen LogP contribution in [0.2, 0.25) is 0 Å². The van der Waals surface area contributed by atoms with E-state index in [4.69, 9.17) is 4.74 Å². The van der Waals surface area contributed by atoms with Crippen molar-refractivity contribution in [2.24, 2.45) is 5.92 Å². The zero-order valence-electron chi connectivity index (χ0n) is 11.2. The zero-order valence-corrected chi connectivity index (χ0v) is 12.0. The second kappa shape index (κ2) is 7.97. The van der Waals surface area contributed by atoms with E-state index in [-0.39, 0.29) is 18.4 Å². The van der Waals surface area contributed by atoms with Crippen LogP contribution in [-0.2, 0) is 9.53 Å². The molecule has 1 N–H and O–H groups in total. The zero-order chi connectivity index (χ0) is 12.1. The molecule has 0 spiro atoms. The van der Waals surface area contributed by atoms with E-state index >= 15 is 0 Å². The van der Waals surface area contributed by atoms with Crippen LogP contribution in [0.15, 0.2) is 0 Å². The van der Waals surface area contributed by atoms with E-state index in [2.05, 4.69) is 5.32 Å². The van der Waals surface area contributed by atoms with Gasteiger partial charge in [0.05, 0.1) is 12.6 Å². The predicted octanol–water partition coefficient (Wildman–Crippen LogP) is 1.44. The molecule has 2 heterocycles. The SMILES string of the molecule is COCC1CCCN(C(=O)[C@@H]2CCCCN2)C1.Cl. The predicted molar refractivity (Wildman–Crippen MR) is 74.1 cm³/mol. The lowest BCUT2D eigenvalue weighted by Gasteiger charge is -2.35. The molecule has 0 saturated carbocycles. The number of nitrogens with zero attached hydrogens (tertiary/aromatic N) is 1. The van der Waals surface area contributed by atoms with Crippen molar-refractivity contribution < 1.29 is 9.53 Å². The number of nitrogens with one attached hydrogen (secondary N) is 1. The molecule has 4 nitrogen and oxygen atoms in total. The Morgan fingerprint density at radius 2 is 2.17 bits per heavy atom. The van der Waals surface area contributed by atoms with Gasteiger partial charge in [0, 0.05) is 20.2 Å². The molecule has 1 amide bonds. The van der Waals surface area contributed by atoms with E-state index in [0.29, 0.717) is 11.8 Å². The maximum Gasteiger partial charge on any atom is 0.239 e. The van der Waals surface area contributed by atoms with E-state index in [1.165, 1.54) is 19.3 Å². The lowest BCUT2D eigenvalue weighted by Crippen LogP contribution is -2.51. The molecule has 2 aliphatic rings. The Balaban J connectivity index is 0.00000162. The highest BCUT2D eigenvalue weighted by Crippen LogP contribution is 2.19. The molecule has 1 unspecified atom stereocenters. The van der Waals surface area contributed by atoms with E-state index in [1.807, 2.05) is 4.90 Å². The van der Waals surface area contributed by atoms with E-state index in [1.54, 1.807) is 7.11 Å². The average Bonchev–Trinajstić information content (AvgIpc) is 2.40. The van der Waals surface area contributed by atoms with Gasteiger partial charge in [-0.15, -0.1) is 12.4 Å². The van der Waals surface area contributed by atoms with Crippen LogP contribution in [-0.4, -0.2) is 50.2 Å². The maximum atomic E-state index is 12.3. The Morgan fingerprint density at radius 1 is 1.33 bits per heavy atom. The van der Waals surface area contributed by atoms with Gasteiger partial charge >= 0.3 is 0 Å². The number of rotatable bonds is 3. The van der Waals surface area contributed by atoms with Crippen LogP contribution in [0.3, 0.4) is 0 Å². The highest BCUT2D eigenvalue weighted by Gasteiger charge is 2.29. The summed E-state index contributed by atoms with van der Waals surface area (Å²) in [6, 6.07) is 0.0741. The number of halogens is 1. The van der Waals surface area contributed by atoms with Gasteiger partial charge in [0.15, 0.2) is 0 Å². The van der Waals surface area contributed by atoms with Crippen LogP contribution in [0.25, 0.3) is 0 Å². The molecule has 106 valence electrons. The third kappa shape index (κ3) is 4.11. The summed E-state index contributed by atoms with van der Waals surface area (Å²) in [6.45, 7) is 3.58. The average molecular weight is 277 g/mol. The highest BCUT2D eigenvalue weighted by molar-refractivity contribution is 5.85. The number of piperidine rings is 2. The third-order valence-electron chi connectivity index (χ3n) is 3.84. The van der Waals surface area contributed by atoms with E-state index in [9.17, 15) is 4.79 Å². The molecule has 2 atom stereocenters. The summed E-state index contributed by atoms with van der Waals surface area (Å²) in [7, 11) is 1.74. The molecule has 2 aliphatic heterocycles. The van der Waals surface area contributed by atoms with Crippen molar-refractivity contribution in [3.63, 3.8) is 0 Å². The second-order valence-corrected chi connectivity index (χ2v) is 5.25. The van der Waals surface area contributed by atoms with Crippen molar-refractivity contribution in [3.05, 3.63) is 0 Å². The van der Waals surface area contributed by atoms with Crippen molar-refractivity contribution in [1.29, 1.82) is 0 Å². The van der Waals surface area contributed by atoms with Crippen LogP contribution in [0, 0.1) is 5.92 Å². The Morgan fingerprint density at radius 3 is 2.83 bits per heavy atom. The first-order valence-electron chi connectivity index (χ1n) is 6.82. The molecule has 0 bridgehead atoms. The van der Waals surface area contributed by atoms with Gasteiger partial charge in [-0.25, -0.2) is 0 Å². The first-order chi connectivity index (χ1) is 8.31. The Bertz CT molecular complexity index is 255. The minimum absolute atomic E-state index is 0. The minimum atomic E-state index is 0. The largest absolute Gasteiger partial charge is 0.384 e. The summed E-state index contributed by atoms with van der Waals surface area (Å²) in [5.74, 6) is 0.840. The fourth-order valence-electron chi connectivity index (χ4n) is 2.92. The molecule has 2 fully saturated rings. The summed E-state index contributed by atoms with van der Waals surface area (Å²) in [4.78, 5) is 14.4. The molecule has 0 aromatic heterocycles. The smallest absolute Gasteiger partial charge is 0.239 e. The third-order valence-corrected chi connectivity index (χ3v) is 3.84. The van der Waals surface area contributed by atoms with Crippen molar-refractivity contribution in [1.82, 2.24) is 10.2 Å². The van der Waals surface area contributed by atoms with Gasteiger partial charge in [-0.3, -0.25) is 4.79 Å². The second-order valence-electron chi connectivity index (χ2n) is 5.25. The van der Waals surface area contributed by atoms with Crippen LogP contribution in [0.4, 0.5) is 0 Å². The van der Waals surface area contributed by atoms with Gasteiger partial charge in [-0.05, 0) is 38.1 Å². The number of hydrogen-bond donors (Lipinski definition) is 1. The number of carbonyl (C=O) groups excluding carboxylic acids is 1. The van der Waals surface area contributed by atoms with Crippen LogP contribution < -0.4 is 5.32 Å². The maximum absolute atomic E-state index is 12.3. The summed E-state index contributed by atoms with van der Waals surface area (Å²) in [5, 5.41) is 3.34. The molecular formula is C13H25ClN2O2. The van der Waals surface area contributed by atoms with Gasteiger partial charge in [0.1, 0.15) is 0 Å². The van der Waals surface area contributed by atoms with Gasteiger partial charge < -0.3 is 15.0 Å². The van der Waals surface area contributed by atoms with Crippen LogP contribution >= 0.6 is 12.4 Å². The number of amides is 1. The molecule has 0 radical (unpaired) electrons. The molecule has 2 saturated heterocycles. The molecular weight excluding hydrogens is 252 g/mol. The Labute approximate surface area is 116 Å². The van der Waals surface area contributed by atoms with Gasteiger partial charge in [0.2, 0.25) is 5.91 Å². The number of methoxy groups -OCH3 is 1. The summed E-state index contributed by atoms with van der Waals surface area (Å²) >= 11 is 0. The summed E-state index contributed by atoms with van der Waals surface area (Å²) in [6.07, 6.45) is 5.70. The van der Waals surface area contributed by atoms with Crippen molar-refractivity contribution in [2.45, 2.75) is 38.1 Å². The lowest BCUT2D eigenvalue weighted by molar-refractivity contribution is -0.136. The molecule has 0 aliphatic carbocycles. The van der Waals surface area contributed by atoms with Crippen molar-refractivity contribution in [3.8, 4) is 0 Å².